The van der Waals surface area contributed by atoms with Crippen LogP contribution in [-0.4, -0.2) is 53.4 Å². The van der Waals surface area contributed by atoms with Crippen molar-refractivity contribution >= 4 is 26.0 Å². The highest BCUT2D eigenvalue weighted by atomic mass is 79.9. The Morgan fingerprint density at radius 3 is 2.68 bits per heavy atom. The number of aromatic nitrogens is 2. The molecule has 19 heavy (non-hydrogen) atoms. The molecule has 0 aliphatic carbocycles. The van der Waals surface area contributed by atoms with Crippen molar-refractivity contribution in [2.45, 2.75) is 24.0 Å². The Morgan fingerprint density at radius 1 is 1.47 bits per heavy atom. The molecule has 1 aromatic rings. The number of imidazole rings is 1. The smallest absolute Gasteiger partial charge is 0.262 e. The van der Waals surface area contributed by atoms with Crippen molar-refractivity contribution in [2.75, 3.05) is 25.0 Å². The van der Waals surface area contributed by atoms with E-state index < -0.39 is 10.0 Å². The van der Waals surface area contributed by atoms with Crippen LogP contribution in [0.1, 0.15) is 12.8 Å². The van der Waals surface area contributed by atoms with E-state index in [0.717, 1.165) is 18.2 Å². The number of alkyl halides is 1. The normalized spacial score (nSPS) is 18.8. The Bertz CT molecular complexity index is 509. The molecule has 0 saturated carbocycles. The van der Waals surface area contributed by atoms with Gasteiger partial charge in [0.2, 0.25) is 0 Å². The van der Waals surface area contributed by atoms with Crippen LogP contribution < -0.4 is 0 Å². The van der Waals surface area contributed by atoms with E-state index in [9.17, 15) is 8.42 Å². The molecule has 0 amide bonds. The van der Waals surface area contributed by atoms with E-state index in [0.29, 0.717) is 19.7 Å². The summed E-state index contributed by atoms with van der Waals surface area (Å²) in [5.74, 6) is 0. The molecule has 2 rings (SSSR count). The van der Waals surface area contributed by atoms with Crippen LogP contribution in [-0.2, 0) is 21.8 Å². The highest BCUT2D eigenvalue weighted by Gasteiger charge is 2.30. The number of hydrogen-bond donors (Lipinski definition) is 0. The summed E-state index contributed by atoms with van der Waals surface area (Å²) in [6, 6.07) is 0. The summed E-state index contributed by atoms with van der Waals surface area (Å²) in [5, 5.41) is 0.925. The van der Waals surface area contributed by atoms with E-state index in [4.69, 9.17) is 4.74 Å². The molecule has 0 bridgehead atoms. The molecule has 6 nitrogen and oxygen atoms in total. The van der Waals surface area contributed by atoms with Gasteiger partial charge in [0, 0.05) is 31.7 Å². The standard InChI is InChI=1S/C11H18BrN3O3S/c1-14-8-11(13-9-14)19(16,17)15-5-2-10(3-6-15)18-7-4-12/h8-10H,2-7H2,1H3. The summed E-state index contributed by atoms with van der Waals surface area (Å²) in [7, 11) is -1.69. The van der Waals surface area contributed by atoms with Crippen LogP contribution in [0.15, 0.2) is 17.6 Å². The minimum absolute atomic E-state index is 0.120. The Balaban J connectivity index is 1.97. The number of piperidine rings is 1. The molecule has 0 atom stereocenters. The molecule has 1 fully saturated rings. The maximum atomic E-state index is 12.3. The van der Waals surface area contributed by atoms with E-state index in [1.165, 1.54) is 16.8 Å². The molecular weight excluding hydrogens is 334 g/mol. The minimum atomic E-state index is -3.45. The van der Waals surface area contributed by atoms with Crippen molar-refractivity contribution in [2.24, 2.45) is 7.05 Å². The minimum Gasteiger partial charge on any atom is -0.377 e. The first kappa shape index (κ1) is 15.0. The quantitative estimate of drug-likeness (QED) is 0.742. The Morgan fingerprint density at radius 2 is 2.16 bits per heavy atom. The molecule has 0 aromatic carbocycles. The third-order valence-corrected chi connectivity index (χ3v) is 5.23. The molecule has 1 aromatic heterocycles. The Hall–Kier alpha value is -0.440. The summed E-state index contributed by atoms with van der Waals surface area (Å²) in [6.07, 6.45) is 4.66. The molecule has 0 radical (unpaired) electrons. The molecule has 0 N–H and O–H groups in total. The van der Waals surface area contributed by atoms with E-state index >= 15 is 0 Å². The highest BCUT2D eigenvalue weighted by Crippen LogP contribution is 2.20. The van der Waals surface area contributed by atoms with Gasteiger partial charge in [-0.15, -0.1) is 0 Å². The van der Waals surface area contributed by atoms with Gasteiger partial charge in [-0.3, -0.25) is 0 Å². The first-order valence-corrected chi connectivity index (χ1v) is 8.76. The van der Waals surface area contributed by atoms with Gasteiger partial charge in [-0.1, -0.05) is 15.9 Å². The molecule has 1 aliphatic rings. The number of aryl methyl sites for hydroxylation is 1. The zero-order valence-corrected chi connectivity index (χ0v) is 13.2. The average Bonchev–Trinajstić information content (AvgIpc) is 2.84. The maximum Gasteiger partial charge on any atom is 0.262 e. The molecular formula is C11H18BrN3O3S. The fourth-order valence-electron chi connectivity index (χ4n) is 2.10. The van der Waals surface area contributed by atoms with E-state index in [2.05, 4.69) is 20.9 Å². The van der Waals surface area contributed by atoms with Crippen LogP contribution in [0.25, 0.3) is 0 Å². The lowest BCUT2D eigenvalue weighted by atomic mass is 10.1. The molecule has 1 aliphatic heterocycles. The Kier molecular flexibility index (Phi) is 4.99. The Labute approximate surface area is 121 Å². The molecule has 0 unspecified atom stereocenters. The summed E-state index contributed by atoms with van der Waals surface area (Å²) in [6.45, 7) is 1.65. The zero-order valence-electron chi connectivity index (χ0n) is 10.8. The van der Waals surface area contributed by atoms with Crippen molar-refractivity contribution in [3.63, 3.8) is 0 Å². The number of hydrogen-bond acceptors (Lipinski definition) is 4. The molecule has 8 heteroatoms. The largest absolute Gasteiger partial charge is 0.377 e. The van der Waals surface area contributed by atoms with Gasteiger partial charge in [-0.2, -0.15) is 4.31 Å². The van der Waals surface area contributed by atoms with Gasteiger partial charge in [-0.05, 0) is 12.8 Å². The van der Waals surface area contributed by atoms with Gasteiger partial charge >= 0.3 is 0 Å². The van der Waals surface area contributed by atoms with Crippen molar-refractivity contribution in [3.05, 3.63) is 12.5 Å². The van der Waals surface area contributed by atoms with Crippen molar-refractivity contribution in [1.29, 1.82) is 0 Å². The van der Waals surface area contributed by atoms with Crippen molar-refractivity contribution < 1.29 is 13.2 Å². The molecule has 108 valence electrons. The lowest BCUT2D eigenvalue weighted by Crippen LogP contribution is -2.41. The van der Waals surface area contributed by atoms with Gasteiger partial charge in [0.05, 0.1) is 19.0 Å². The number of sulfonamides is 1. The van der Waals surface area contributed by atoms with Crippen molar-refractivity contribution in [3.8, 4) is 0 Å². The monoisotopic (exact) mass is 351 g/mol. The first-order chi connectivity index (χ1) is 9.04. The third kappa shape index (κ3) is 3.56. The van der Waals surface area contributed by atoms with Crippen LogP contribution in [0.2, 0.25) is 0 Å². The number of rotatable bonds is 5. The predicted octanol–water partition coefficient (Wildman–Crippen LogP) is 0.985. The van der Waals surface area contributed by atoms with Crippen LogP contribution >= 0.6 is 15.9 Å². The highest BCUT2D eigenvalue weighted by molar-refractivity contribution is 9.09. The molecule has 0 spiro atoms. The van der Waals surface area contributed by atoms with E-state index in [1.807, 2.05) is 0 Å². The number of nitrogens with zero attached hydrogens (tertiary/aromatic N) is 3. The second-order valence-electron chi connectivity index (χ2n) is 4.54. The van der Waals surface area contributed by atoms with Gasteiger partial charge in [-0.25, -0.2) is 13.4 Å². The summed E-state index contributed by atoms with van der Waals surface area (Å²) < 4.78 is 33.4. The lowest BCUT2D eigenvalue weighted by Gasteiger charge is -2.30. The van der Waals surface area contributed by atoms with Crippen molar-refractivity contribution in [1.82, 2.24) is 13.9 Å². The van der Waals surface area contributed by atoms with Gasteiger partial charge in [0.25, 0.3) is 10.0 Å². The fraction of sp³-hybridized carbons (Fsp3) is 0.727. The van der Waals surface area contributed by atoms with E-state index in [1.54, 1.807) is 11.6 Å². The van der Waals surface area contributed by atoms with Crippen LogP contribution in [0.4, 0.5) is 0 Å². The zero-order chi connectivity index (χ0) is 13.9. The fourth-order valence-corrected chi connectivity index (χ4v) is 3.73. The third-order valence-electron chi connectivity index (χ3n) is 3.12. The van der Waals surface area contributed by atoms with E-state index in [-0.39, 0.29) is 11.1 Å². The maximum absolute atomic E-state index is 12.3. The number of halogens is 1. The molecule has 1 saturated heterocycles. The SMILES string of the molecule is Cn1cnc(S(=O)(=O)N2CCC(OCCBr)CC2)c1. The second kappa shape index (κ2) is 6.34. The average molecular weight is 352 g/mol. The topological polar surface area (TPSA) is 64.4 Å². The van der Waals surface area contributed by atoms with Crippen LogP contribution in [0.5, 0.6) is 0 Å². The predicted molar refractivity (Wildman–Crippen MR) is 74.7 cm³/mol. The first-order valence-electron chi connectivity index (χ1n) is 6.19. The molecule has 2 heterocycles. The van der Waals surface area contributed by atoms with Gasteiger partial charge < -0.3 is 9.30 Å². The number of ether oxygens (including phenoxy) is 1. The summed E-state index contributed by atoms with van der Waals surface area (Å²) >= 11 is 3.31. The lowest BCUT2D eigenvalue weighted by molar-refractivity contribution is 0.0309. The van der Waals surface area contributed by atoms with Crippen LogP contribution in [0, 0.1) is 0 Å². The van der Waals surface area contributed by atoms with Gasteiger partial charge in [0.1, 0.15) is 0 Å². The summed E-state index contributed by atoms with van der Waals surface area (Å²) in [4.78, 5) is 3.93. The summed E-state index contributed by atoms with van der Waals surface area (Å²) in [5.41, 5.74) is 0. The second-order valence-corrected chi connectivity index (χ2v) is 7.22. The van der Waals surface area contributed by atoms with Gasteiger partial charge in [0.15, 0.2) is 5.03 Å². The van der Waals surface area contributed by atoms with Crippen LogP contribution in [0.3, 0.4) is 0 Å².